The van der Waals surface area contributed by atoms with E-state index in [1.165, 1.54) is 11.3 Å². The van der Waals surface area contributed by atoms with Crippen LogP contribution in [0.5, 0.6) is 0 Å². The zero-order valence-corrected chi connectivity index (χ0v) is 20.7. The van der Waals surface area contributed by atoms with Crippen LogP contribution in [0, 0.1) is 13.8 Å². The molecule has 1 amide bonds. The number of amides is 1. The highest BCUT2D eigenvalue weighted by atomic mass is 79.9. The average molecular weight is 534 g/mol. The Morgan fingerprint density at radius 1 is 1.31 bits per heavy atom. The number of carbonyl (C=O) groups is 1. The van der Waals surface area contributed by atoms with E-state index in [4.69, 9.17) is 11.6 Å². The van der Waals surface area contributed by atoms with Gasteiger partial charge in [-0.25, -0.2) is 9.67 Å². The van der Waals surface area contributed by atoms with E-state index in [9.17, 15) is 9.59 Å². The van der Waals surface area contributed by atoms with Crippen LogP contribution < -0.4 is 5.56 Å². The molecule has 4 heterocycles. The lowest BCUT2D eigenvalue weighted by Crippen LogP contribution is -2.39. The van der Waals surface area contributed by atoms with Crippen LogP contribution in [0.1, 0.15) is 32.9 Å². The molecule has 1 aliphatic heterocycles. The molecule has 5 rings (SSSR count). The minimum Gasteiger partial charge on any atom is -0.334 e. The highest BCUT2D eigenvalue weighted by Crippen LogP contribution is 2.40. The maximum atomic E-state index is 13.6. The molecule has 1 N–H and O–H groups in total. The molecule has 0 radical (unpaired) electrons. The third kappa shape index (κ3) is 3.20. The van der Waals surface area contributed by atoms with Crippen molar-refractivity contribution in [2.45, 2.75) is 26.8 Å². The SMILES string of the molecule is Cc1nnn(C)c1-c1cc(Br)c2c(c1Cl)C(=O)N(Cc1c(=O)[nH]c(C)c3ncsc13)CC2. The second kappa shape index (κ2) is 7.79. The lowest BCUT2D eigenvalue weighted by molar-refractivity contribution is 0.0727. The van der Waals surface area contributed by atoms with Crippen LogP contribution in [0.15, 0.2) is 20.8 Å². The Bertz CT molecular complexity index is 1450. The fourth-order valence-corrected chi connectivity index (χ4v) is 6.11. The van der Waals surface area contributed by atoms with E-state index in [1.807, 2.05) is 19.9 Å². The second-order valence-electron chi connectivity index (χ2n) is 7.79. The average Bonchev–Trinajstić information content (AvgIpc) is 3.36. The van der Waals surface area contributed by atoms with Crippen molar-refractivity contribution in [1.29, 1.82) is 0 Å². The molecule has 0 unspecified atom stereocenters. The van der Waals surface area contributed by atoms with Crippen molar-refractivity contribution >= 4 is 55.0 Å². The molecule has 0 spiro atoms. The predicted octanol–water partition coefficient (Wildman–Crippen LogP) is 4.01. The van der Waals surface area contributed by atoms with Crippen LogP contribution in [0.25, 0.3) is 21.5 Å². The van der Waals surface area contributed by atoms with E-state index in [1.54, 1.807) is 22.1 Å². The van der Waals surface area contributed by atoms with Crippen molar-refractivity contribution in [2.24, 2.45) is 7.05 Å². The second-order valence-corrected chi connectivity index (χ2v) is 9.87. The van der Waals surface area contributed by atoms with Gasteiger partial charge in [-0.15, -0.1) is 16.4 Å². The monoisotopic (exact) mass is 532 g/mol. The lowest BCUT2D eigenvalue weighted by Gasteiger charge is -2.30. The minimum atomic E-state index is -0.204. The Kier molecular flexibility index (Phi) is 5.18. The summed E-state index contributed by atoms with van der Waals surface area (Å²) in [6, 6.07) is 1.92. The fourth-order valence-electron chi connectivity index (χ4n) is 4.26. The van der Waals surface area contributed by atoms with Crippen LogP contribution in [0.3, 0.4) is 0 Å². The summed E-state index contributed by atoms with van der Waals surface area (Å²) in [6.45, 7) is 4.35. The number of H-pyrrole nitrogens is 1. The summed E-state index contributed by atoms with van der Waals surface area (Å²) in [7, 11) is 1.79. The van der Waals surface area contributed by atoms with Gasteiger partial charge in [0.15, 0.2) is 0 Å². The Morgan fingerprint density at radius 3 is 2.81 bits per heavy atom. The number of rotatable bonds is 3. The van der Waals surface area contributed by atoms with Gasteiger partial charge in [-0.1, -0.05) is 32.7 Å². The molecule has 0 aliphatic carbocycles. The maximum Gasteiger partial charge on any atom is 0.256 e. The Morgan fingerprint density at radius 2 is 2.09 bits per heavy atom. The summed E-state index contributed by atoms with van der Waals surface area (Å²) in [5, 5.41) is 8.53. The zero-order valence-electron chi connectivity index (χ0n) is 17.5. The number of carbonyl (C=O) groups excluding carboxylic acids is 1. The Hall–Kier alpha value is -2.56. The first-order chi connectivity index (χ1) is 15.3. The van der Waals surface area contributed by atoms with Gasteiger partial charge in [0, 0.05) is 29.3 Å². The number of halogens is 2. The number of aryl methyl sites for hydroxylation is 3. The maximum absolute atomic E-state index is 13.6. The van der Waals surface area contributed by atoms with E-state index in [2.05, 4.69) is 36.2 Å². The van der Waals surface area contributed by atoms with Gasteiger partial charge in [0.25, 0.3) is 11.5 Å². The first kappa shape index (κ1) is 21.3. The van der Waals surface area contributed by atoms with E-state index in [0.29, 0.717) is 34.7 Å². The Balaban J connectivity index is 1.60. The van der Waals surface area contributed by atoms with Crippen molar-refractivity contribution in [3.8, 4) is 11.3 Å². The quantitative estimate of drug-likeness (QED) is 0.429. The molecule has 1 aliphatic rings. The molecule has 32 heavy (non-hydrogen) atoms. The number of nitrogens with zero attached hydrogens (tertiary/aromatic N) is 5. The third-order valence-electron chi connectivity index (χ3n) is 5.82. The van der Waals surface area contributed by atoms with Crippen molar-refractivity contribution in [2.75, 3.05) is 6.54 Å². The molecule has 0 fully saturated rings. The molecule has 3 aromatic heterocycles. The summed E-state index contributed by atoms with van der Waals surface area (Å²) in [5.41, 5.74) is 7.03. The number of fused-ring (bicyclic) bond motifs is 2. The Labute approximate surface area is 200 Å². The van der Waals surface area contributed by atoms with Crippen LogP contribution in [-0.2, 0) is 20.0 Å². The van der Waals surface area contributed by atoms with Crippen LogP contribution in [0.4, 0.5) is 0 Å². The molecule has 4 aromatic rings. The summed E-state index contributed by atoms with van der Waals surface area (Å²) in [5.74, 6) is -0.204. The molecule has 11 heteroatoms. The molecule has 0 saturated heterocycles. The lowest BCUT2D eigenvalue weighted by atomic mass is 9.94. The van der Waals surface area contributed by atoms with Gasteiger partial charge >= 0.3 is 0 Å². The molecular weight excluding hydrogens is 516 g/mol. The number of hydrogen-bond acceptors (Lipinski definition) is 6. The van der Waals surface area contributed by atoms with Crippen molar-refractivity contribution in [3.05, 3.63) is 59.5 Å². The van der Waals surface area contributed by atoms with E-state index in [-0.39, 0.29) is 18.0 Å². The minimum absolute atomic E-state index is 0.192. The van der Waals surface area contributed by atoms with Gasteiger partial charge in [0.05, 0.1) is 44.3 Å². The van der Waals surface area contributed by atoms with E-state index in [0.717, 1.165) is 37.3 Å². The third-order valence-corrected chi connectivity index (χ3v) is 7.81. The topological polar surface area (TPSA) is 96.8 Å². The van der Waals surface area contributed by atoms with Gasteiger partial charge in [0.2, 0.25) is 0 Å². The van der Waals surface area contributed by atoms with Gasteiger partial charge in [-0.2, -0.15) is 0 Å². The number of hydrogen-bond donors (Lipinski definition) is 1. The highest BCUT2D eigenvalue weighted by molar-refractivity contribution is 9.10. The number of pyridine rings is 1. The van der Waals surface area contributed by atoms with Crippen molar-refractivity contribution in [1.82, 2.24) is 29.9 Å². The van der Waals surface area contributed by atoms with Gasteiger partial charge in [0.1, 0.15) is 5.52 Å². The number of benzene rings is 1. The molecule has 164 valence electrons. The molecule has 0 atom stereocenters. The zero-order chi connectivity index (χ0) is 22.7. The van der Waals surface area contributed by atoms with Crippen LogP contribution >= 0.6 is 38.9 Å². The van der Waals surface area contributed by atoms with Gasteiger partial charge in [-0.3, -0.25) is 9.59 Å². The number of aromatic nitrogens is 5. The van der Waals surface area contributed by atoms with E-state index < -0.39 is 0 Å². The molecule has 0 saturated carbocycles. The van der Waals surface area contributed by atoms with Gasteiger partial charge < -0.3 is 9.88 Å². The highest BCUT2D eigenvalue weighted by Gasteiger charge is 2.32. The van der Waals surface area contributed by atoms with Crippen molar-refractivity contribution < 1.29 is 4.79 Å². The largest absolute Gasteiger partial charge is 0.334 e. The number of nitrogens with one attached hydrogen (secondary N) is 1. The summed E-state index contributed by atoms with van der Waals surface area (Å²) < 4.78 is 3.27. The van der Waals surface area contributed by atoms with E-state index >= 15 is 0 Å². The van der Waals surface area contributed by atoms with Crippen LogP contribution in [0.2, 0.25) is 5.02 Å². The number of thiazole rings is 1. The molecule has 8 nitrogen and oxygen atoms in total. The number of aromatic amines is 1. The summed E-state index contributed by atoms with van der Waals surface area (Å²) in [6.07, 6.45) is 0.625. The van der Waals surface area contributed by atoms with Gasteiger partial charge in [-0.05, 0) is 31.9 Å². The fraction of sp³-hybridized carbons (Fsp3) is 0.286. The first-order valence-electron chi connectivity index (χ1n) is 9.89. The van der Waals surface area contributed by atoms with Crippen LogP contribution in [-0.4, -0.2) is 42.3 Å². The molecule has 0 bridgehead atoms. The first-order valence-corrected chi connectivity index (χ1v) is 11.9. The summed E-state index contributed by atoms with van der Waals surface area (Å²) in [4.78, 5) is 35.2. The predicted molar refractivity (Wildman–Crippen MR) is 127 cm³/mol. The molecule has 1 aromatic carbocycles. The summed E-state index contributed by atoms with van der Waals surface area (Å²) >= 11 is 11.8. The van der Waals surface area contributed by atoms with Crippen molar-refractivity contribution in [3.63, 3.8) is 0 Å². The normalized spacial score (nSPS) is 13.8. The smallest absolute Gasteiger partial charge is 0.256 e. The molecular formula is C21H18BrClN6O2S. The standard InChI is InChI=1S/C21H18BrClN6O2S/c1-9-17-19(32-8-24-17)13(20(30)25-9)7-29-5-4-11-14(22)6-12(16(23)15(11)21(29)31)18-10(2)26-27-28(18)3/h6,8H,4-5,7H2,1-3H3,(H,25,30).